The van der Waals surface area contributed by atoms with Gasteiger partial charge in [0.1, 0.15) is 10.8 Å². The Bertz CT molecular complexity index is 687. The molecule has 0 atom stereocenters. The zero-order chi connectivity index (χ0) is 13.2. The van der Waals surface area contributed by atoms with Gasteiger partial charge in [-0.2, -0.15) is 0 Å². The number of hydrogen-bond acceptors (Lipinski definition) is 2. The Morgan fingerprint density at radius 2 is 1.42 bits per heavy atom. The first-order valence-electron chi connectivity index (χ1n) is 5.91. The minimum absolute atomic E-state index is 0.326. The zero-order valence-electron chi connectivity index (χ0n) is 10.1. The lowest BCUT2D eigenvalue weighted by molar-refractivity contribution is 1.33. The van der Waals surface area contributed by atoms with E-state index in [-0.39, 0.29) is 0 Å². The van der Waals surface area contributed by atoms with Gasteiger partial charge in [0.05, 0.1) is 0 Å². The summed E-state index contributed by atoms with van der Waals surface area (Å²) in [7, 11) is 0. The number of aromatic nitrogens is 2. The van der Waals surface area contributed by atoms with E-state index >= 15 is 0 Å². The van der Waals surface area contributed by atoms with Crippen LogP contribution in [0, 0.1) is 0 Å². The van der Waals surface area contributed by atoms with Crippen molar-refractivity contribution in [1.29, 1.82) is 0 Å². The Kier molecular flexibility index (Phi) is 2.97. The summed E-state index contributed by atoms with van der Waals surface area (Å²) in [5, 5.41) is 0.463. The average Bonchev–Trinajstić information content (AvgIpc) is 2.79. The van der Waals surface area contributed by atoms with Crippen molar-refractivity contribution in [2.75, 3.05) is 5.73 Å². The largest absolute Gasteiger partial charge is 0.369 e. The fourth-order valence-electron chi connectivity index (χ4n) is 2.01. The molecule has 0 bridgehead atoms. The molecule has 0 unspecified atom stereocenters. The standard InChI is InChI=1S/C15H12ClN3/c16-14-13(18-15(17)19-14)12-8-6-11(7-9-12)10-4-2-1-3-5-10/h1-9H,(H3,17,18,19). The first kappa shape index (κ1) is 11.8. The highest BCUT2D eigenvalue weighted by Crippen LogP contribution is 2.28. The van der Waals surface area contributed by atoms with E-state index in [4.69, 9.17) is 17.3 Å². The van der Waals surface area contributed by atoms with Crippen molar-refractivity contribution in [3.8, 4) is 22.4 Å². The Labute approximate surface area is 116 Å². The minimum Gasteiger partial charge on any atom is -0.369 e. The van der Waals surface area contributed by atoms with Gasteiger partial charge in [-0.3, -0.25) is 0 Å². The van der Waals surface area contributed by atoms with Crippen molar-refractivity contribution in [2.45, 2.75) is 0 Å². The van der Waals surface area contributed by atoms with Crippen LogP contribution in [0.15, 0.2) is 54.6 Å². The number of rotatable bonds is 2. The molecule has 1 heterocycles. The number of nitrogen functional groups attached to an aromatic ring is 1. The molecule has 0 amide bonds. The molecule has 94 valence electrons. The van der Waals surface area contributed by atoms with E-state index in [1.807, 2.05) is 42.5 Å². The maximum atomic E-state index is 6.04. The third kappa shape index (κ3) is 2.33. The highest BCUT2D eigenvalue weighted by atomic mass is 35.5. The average molecular weight is 270 g/mol. The van der Waals surface area contributed by atoms with E-state index in [2.05, 4.69) is 22.1 Å². The summed E-state index contributed by atoms with van der Waals surface area (Å²) < 4.78 is 0. The molecule has 0 aliphatic heterocycles. The van der Waals surface area contributed by atoms with Gasteiger partial charge in [-0.15, -0.1) is 0 Å². The minimum atomic E-state index is 0.326. The summed E-state index contributed by atoms with van der Waals surface area (Å²) in [6.45, 7) is 0. The SMILES string of the molecule is Nc1nc(-c2ccc(-c3ccccc3)cc2)c(Cl)[nH]1. The molecule has 0 aliphatic rings. The van der Waals surface area contributed by atoms with Gasteiger partial charge in [-0.1, -0.05) is 66.2 Å². The molecule has 0 spiro atoms. The first-order valence-corrected chi connectivity index (χ1v) is 6.28. The molecule has 1 aromatic heterocycles. The van der Waals surface area contributed by atoms with E-state index in [1.54, 1.807) is 0 Å². The van der Waals surface area contributed by atoms with Crippen molar-refractivity contribution in [3.05, 3.63) is 59.8 Å². The number of nitrogens with zero attached hydrogens (tertiary/aromatic N) is 1. The number of anilines is 1. The zero-order valence-corrected chi connectivity index (χ0v) is 10.9. The van der Waals surface area contributed by atoms with Crippen LogP contribution < -0.4 is 5.73 Å². The fraction of sp³-hybridized carbons (Fsp3) is 0. The number of H-pyrrole nitrogens is 1. The molecule has 0 saturated heterocycles. The number of hydrogen-bond donors (Lipinski definition) is 2. The van der Waals surface area contributed by atoms with Gasteiger partial charge in [-0.25, -0.2) is 4.98 Å². The second-order valence-electron chi connectivity index (χ2n) is 4.23. The topological polar surface area (TPSA) is 54.7 Å². The molecule has 3 rings (SSSR count). The third-order valence-corrected chi connectivity index (χ3v) is 3.22. The van der Waals surface area contributed by atoms with Gasteiger partial charge >= 0.3 is 0 Å². The first-order chi connectivity index (χ1) is 9.24. The molecule has 3 N–H and O–H groups in total. The number of halogens is 1. The number of nitrogens with two attached hydrogens (primary N) is 1. The van der Waals surface area contributed by atoms with Crippen LogP contribution in [0.2, 0.25) is 5.15 Å². The van der Waals surface area contributed by atoms with Gasteiger partial charge in [0.2, 0.25) is 0 Å². The van der Waals surface area contributed by atoms with Crippen molar-refractivity contribution >= 4 is 17.5 Å². The molecule has 19 heavy (non-hydrogen) atoms. The van der Waals surface area contributed by atoms with E-state index in [0.29, 0.717) is 16.8 Å². The summed E-state index contributed by atoms with van der Waals surface area (Å²) in [5.41, 5.74) is 9.55. The molecule has 0 radical (unpaired) electrons. The van der Waals surface area contributed by atoms with Crippen molar-refractivity contribution in [2.24, 2.45) is 0 Å². The predicted molar refractivity (Wildman–Crippen MR) is 78.9 cm³/mol. The Morgan fingerprint density at radius 3 is 2.00 bits per heavy atom. The van der Waals surface area contributed by atoms with Gasteiger partial charge in [0.25, 0.3) is 0 Å². The summed E-state index contributed by atoms with van der Waals surface area (Å²) in [5.74, 6) is 0.326. The van der Waals surface area contributed by atoms with E-state index in [1.165, 1.54) is 5.56 Å². The molecule has 0 saturated carbocycles. The molecule has 0 fully saturated rings. The van der Waals surface area contributed by atoms with Crippen LogP contribution in [0.1, 0.15) is 0 Å². The maximum absolute atomic E-state index is 6.04. The fourth-order valence-corrected chi connectivity index (χ4v) is 2.26. The molecule has 4 heteroatoms. The quantitative estimate of drug-likeness (QED) is 0.739. The number of imidazole rings is 1. The van der Waals surface area contributed by atoms with E-state index in [9.17, 15) is 0 Å². The summed E-state index contributed by atoms with van der Waals surface area (Å²) in [6.07, 6.45) is 0. The number of nitrogens with one attached hydrogen (secondary N) is 1. The smallest absolute Gasteiger partial charge is 0.199 e. The Morgan fingerprint density at radius 1 is 0.842 bits per heavy atom. The van der Waals surface area contributed by atoms with Crippen LogP contribution >= 0.6 is 11.6 Å². The molecule has 0 aliphatic carbocycles. The van der Waals surface area contributed by atoms with Crippen LogP contribution in [0.5, 0.6) is 0 Å². The number of benzene rings is 2. The van der Waals surface area contributed by atoms with E-state index < -0.39 is 0 Å². The lowest BCUT2D eigenvalue weighted by Gasteiger charge is -2.03. The molecular weight excluding hydrogens is 258 g/mol. The lowest BCUT2D eigenvalue weighted by Crippen LogP contribution is -1.85. The highest BCUT2D eigenvalue weighted by molar-refractivity contribution is 6.32. The van der Waals surface area contributed by atoms with E-state index in [0.717, 1.165) is 11.1 Å². The maximum Gasteiger partial charge on any atom is 0.199 e. The normalized spacial score (nSPS) is 10.6. The highest BCUT2D eigenvalue weighted by Gasteiger charge is 2.08. The lowest BCUT2D eigenvalue weighted by atomic mass is 10.0. The van der Waals surface area contributed by atoms with Gasteiger partial charge in [-0.05, 0) is 11.1 Å². The van der Waals surface area contributed by atoms with Crippen molar-refractivity contribution < 1.29 is 0 Å². The van der Waals surface area contributed by atoms with Crippen molar-refractivity contribution in [3.63, 3.8) is 0 Å². The van der Waals surface area contributed by atoms with Gasteiger partial charge in [0, 0.05) is 5.56 Å². The monoisotopic (exact) mass is 269 g/mol. The summed E-state index contributed by atoms with van der Waals surface area (Å²) in [6, 6.07) is 18.3. The van der Waals surface area contributed by atoms with Gasteiger partial charge in [0.15, 0.2) is 5.95 Å². The number of aromatic amines is 1. The molecular formula is C15H12ClN3. The van der Waals surface area contributed by atoms with Crippen LogP contribution in [0.3, 0.4) is 0 Å². The molecule has 3 nitrogen and oxygen atoms in total. The van der Waals surface area contributed by atoms with Crippen LogP contribution in [-0.4, -0.2) is 9.97 Å². The van der Waals surface area contributed by atoms with Crippen LogP contribution in [0.25, 0.3) is 22.4 Å². The predicted octanol–water partition coefficient (Wildman–Crippen LogP) is 3.98. The Hall–Kier alpha value is -2.26. The second-order valence-corrected chi connectivity index (χ2v) is 4.61. The van der Waals surface area contributed by atoms with Crippen LogP contribution in [-0.2, 0) is 0 Å². The van der Waals surface area contributed by atoms with Crippen LogP contribution in [0.4, 0.5) is 5.95 Å². The molecule has 2 aromatic carbocycles. The summed E-state index contributed by atoms with van der Waals surface area (Å²) in [4.78, 5) is 6.96. The Balaban J connectivity index is 1.98. The summed E-state index contributed by atoms with van der Waals surface area (Å²) >= 11 is 6.04. The van der Waals surface area contributed by atoms with Crippen molar-refractivity contribution in [1.82, 2.24) is 9.97 Å². The third-order valence-electron chi connectivity index (χ3n) is 2.94. The second kappa shape index (κ2) is 4.78. The van der Waals surface area contributed by atoms with Gasteiger partial charge < -0.3 is 10.7 Å². The molecule has 3 aromatic rings.